The Kier molecular flexibility index (Phi) is 4.72. The van der Waals surface area contributed by atoms with Crippen LogP contribution < -0.4 is 11.1 Å². The quantitative estimate of drug-likeness (QED) is 0.870. The smallest absolute Gasteiger partial charge is 0.352 e. The van der Waals surface area contributed by atoms with E-state index in [9.17, 15) is 18.0 Å². The van der Waals surface area contributed by atoms with Crippen LogP contribution in [0.3, 0.4) is 0 Å². The molecule has 0 aliphatic heterocycles. The molecule has 0 radical (unpaired) electrons. The Hall–Kier alpha value is -1.56. The highest BCUT2D eigenvalue weighted by Gasteiger charge is 2.30. The number of nitrogens with two attached hydrogens (primary N) is 1. The van der Waals surface area contributed by atoms with Gasteiger partial charge in [0.25, 0.3) is 5.91 Å². The van der Waals surface area contributed by atoms with Crippen LogP contribution in [-0.4, -0.2) is 19.0 Å². The molecule has 1 rings (SSSR count). The zero-order valence-electron chi connectivity index (χ0n) is 9.92. The molecule has 0 spiro atoms. The van der Waals surface area contributed by atoms with E-state index in [1.807, 2.05) is 6.92 Å². The third-order valence-electron chi connectivity index (χ3n) is 2.49. The number of rotatable bonds is 4. The molecule has 3 N–H and O–H groups in total. The zero-order valence-corrected chi connectivity index (χ0v) is 9.92. The summed E-state index contributed by atoms with van der Waals surface area (Å²) in [4.78, 5) is 11.6. The van der Waals surface area contributed by atoms with E-state index in [-0.39, 0.29) is 11.5 Å². The minimum absolute atomic E-state index is 0.128. The molecule has 6 heteroatoms. The van der Waals surface area contributed by atoms with Gasteiger partial charge in [0.2, 0.25) is 0 Å². The summed E-state index contributed by atoms with van der Waals surface area (Å²) in [6.07, 6.45) is -4.39. The van der Waals surface area contributed by atoms with Crippen molar-refractivity contribution < 1.29 is 18.0 Å². The Balaban J connectivity index is 2.65. The van der Waals surface area contributed by atoms with Crippen LogP contribution in [0.5, 0.6) is 0 Å². The summed E-state index contributed by atoms with van der Waals surface area (Å²) < 4.78 is 36.9. The highest BCUT2D eigenvalue weighted by atomic mass is 19.4. The van der Waals surface area contributed by atoms with Crippen LogP contribution in [0.1, 0.15) is 22.8 Å². The molecule has 0 saturated carbocycles. The second-order valence-corrected chi connectivity index (χ2v) is 4.13. The van der Waals surface area contributed by atoms with E-state index in [1.165, 1.54) is 0 Å². The predicted octanol–water partition coefficient (Wildman–Crippen LogP) is 2.03. The summed E-state index contributed by atoms with van der Waals surface area (Å²) >= 11 is 0. The molecule has 0 heterocycles. The topological polar surface area (TPSA) is 55.1 Å². The van der Waals surface area contributed by atoms with Crippen molar-refractivity contribution in [3.63, 3.8) is 0 Å². The molecule has 0 saturated heterocycles. The Morgan fingerprint density at radius 3 is 2.33 bits per heavy atom. The van der Waals surface area contributed by atoms with Crippen molar-refractivity contribution in [2.45, 2.75) is 13.1 Å². The summed E-state index contributed by atoms with van der Waals surface area (Å²) in [6.45, 7) is 2.71. The van der Waals surface area contributed by atoms with Gasteiger partial charge in [-0.05, 0) is 36.7 Å². The van der Waals surface area contributed by atoms with E-state index in [0.29, 0.717) is 13.1 Å². The first-order chi connectivity index (χ1) is 8.34. The summed E-state index contributed by atoms with van der Waals surface area (Å²) in [7, 11) is 0. The van der Waals surface area contributed by atoms with Gasteiger partial charge in [0.05, 0.1) is 5.56 Å². The SMILES string of the molecule is C[C@@H](CN)CNC(=O)c1ccc(C(F)(F)F)cc1. The normalized spacial score (nSPS) is 13.2. The van der Waals surface area contributed by atoms with Gasteiger partial charge in [-0.25, -0.2) is 0 Å². The van der Waals surface area contributed by atoms with Gasteiger partial charge in [0.15, 0.2) is 0 Å². The first-order valence-electron chi connectivity index (χ1n) is 5.50. The largest absolute Gasteiger partial charge is 0.416 e. The standard InChI is InChI=1S/C12H15F3N2O/c1-8(6-16)7-17-11(18)9-2-4-10(5-3-9)12(13,14)15/h2-5,8H,6-7,16H2,1H3,(H,17,18)/t8-/m0/s1. The molecular weight excluding hydrogens is 245 g/mol. The number of nitrogens with one attached hydrogen (secondary N) is 1. The lowest BCUT2D eigenvalue weighted by Crippen LogP contribution is -2.31. The van der Waals surface area contributed by atoms with Crippen molar-refractivity contribution in [3.8, 4) is 0 Å². The summed E-state index contributed by atoms with van der Waals surface area (Å²) in [6, 6.07) is 4.10. The van der Waals surface area contributed by atoms with Crippen LogP contribution in [0.4, 0.5) is 13.2 Å². The monoisotopic (exact) mass is 260 g/mol. The van der Waals surface area contributed by atoms with Crippen molar-refractivity contribution >= 4 is 5.91 Å². The molecule has 0 aliphatic carbocycles. The molecule has 0 aromatic heterocycles. The molecule has 1 aromatic carbocycles. The van der Waals surface area contributed by atoms with Gasteiger partial charge >= 0.3 is 6.18 Å². The maximum absolute atomic E-state index is 12.3. The van der Waals surface area contributed by atoms with Crippen molar-refractivity contribution in [1.29, 1.82) is 0 Å². The molecular formula is C12H15F3N2O. The van der Waals surface area contributed by atoms with Gasteiger partial charge in [-0.15, -0.1) is 0 Å². The van der Waals surface area contributed by atoms with Crippen LogP contribution >= 0.6 is 0 Å². The first-order valence-corrected chi connectivity index (χ1v) is 5.50. The van der Waals surface area contributed by atoms with E-state index >= 15 is 0 Å². The lowest BCUT2D eigenvalue weighted by atomic mass is 10.1. The maximum Gasteiger partial charge on any atom is 0.416 e. The van der Waals surface area contributed by atoms with E-state index in [4.69, 9.17) is 5.73 Å². The summed E-state index contributed by atoms with van der Waals surface area (Å²) in [5, 5.41) is 2.61. The number of benzene rings is 1. The second kappa shape index (κ2) is 5.86. The number of amides is 1. The molecule has 100 valence electrons. The highest BCUT2D eigenvalue weighted by molar-refractivity contribution is 5.94. The number of carbonyl (C=O) groups excluding carboxylic acids is 1. The molecule has 0 aliphatic rings. The third kappa shape index (κ3) is 4.03. The summed E-state index contributed by atoms with van der Waals surface area (Å²) in [5.74, 6) is -0.271. The fourth-order valence-corrected chi connectivity index (χ4v) is 1.26. The molecule has 1 amide bonds. The lowest BCUT2D eigenvalue weighted by molar-refractivity contribution is -0.137. The fraction of sp³-hybridized carbons (Fsp3) is 0.417. The van der Waals surface area contributed by atoms with E-state index in [2.05, 4.69) is 5.32 Å². The van der Waals surface area contributed by atoms with E-state index < -0.39 is 17.6 Å². The highest BCUT2D eigenvalue weighted by Crippen LogP contribution is 2.28. The first kappa shape index (κ1) is 14.5. The van der Waals surface area contributed by atoms with Gasteiger partial charge in [-0.3, -0.25) is 4.79 Å². The van der Waals surface area contributed by atoms with Crippen molar-refractivity contribution in [1.82, 2.24) is 5.32 Å². The van der Waals surface area contributed by atoms with Gasteiger partial charge in [-0.1, -0.05) is 6.92 Å². The third-order valence-corrected chi connectivity index (χ3v) is 2.49. The van der Waals surface area contributed by atoms with E-state index in [1.54, 1.807) is 0 Å². The molecule has 1 atom stereocenters. The molecule has 3 nitrogen and oxygen atoms in total. The minimum atomic E-state index is -4.39. The lowest BCUT2D eigenvalue weighted by Gasteiger charge is -2.11. The second-order valence-electron chi connectivity index (χ2n) is 4.13. The predicted molar refractivity (Wildman–Crippen MR) is 62.0 cm³/mol. The molecule has 0 unspecified atom stereocenters. The number of alkyl halides is 3. The van der Waals surface area contributed by atoms with Crippen LogP contribution in [0.2, 0.25) is 0 Å². The van der Waals surface area contributed by atoms with E-state index in [0.717, 1.165) is 24.3 Å². The van der Waals surface area contributed by atoms with Gasteiger partial charge in [-0.2, -0.15) is 13.2 Å². The number of hydrogen-bond acceptors (Lipinski definition) is 2. The van der Waals surface area contributed by atoms with Gasteiger partial charge in [0, 0.05) is 12.1 Å². The average Bonchev–Trinajstić information content (AvgIpc) is 2.34. The molecule has 0 bridgehead atoms. The number of halogens is 3. The Morgan fingerprint density at radius 1 is 1.33 bits per heavy atom. The maximum atomic E-state index is 12.3. The number of hydrogen-bond donors (Lipinski definition) is 2. The Bertz CT molecular complexity index is 401. The fourth-order valence-electron chi connectivity index (χ4n) is 1.26. The number of carbonyl (C=O) groups is 1. The van der Waals surface area contributed by atoms with Crippen molar-refractivity contribution in [2.75, 3.05) is 13.1 Å². The van der Waals surface area contributed by atoms with Crippen molar-refractivity contribution in [3.05, 3.63) is 35.4 Å². The minimum Gasteiger partial charge on any atom is -0.352 e. The van der Waals surface area contributed by atoms with Crippen LogP contribution in [-0.2, 0) is 6.18 Å². The average molecular weight is 260 g/mol. The van der Waals surface area contributed by atoms with Gasteiger partial charge < -0.3 is 11.1 Å². The van der Waals surface area contributed by atoms with Crippen LogP contribution in [0.25, 0.3) is 0 Å². The molecule has 0 fully saturated rings. The Morgan fingerprint density at radius 2 is 1.89 bits per heavy atom. The van der Waals surface area contributed by atoms with Crippen molar-refractivity contribution in [2.24, 2.45) is 11.7 Å². The van der Waals surface area contributed by atoms with Crippen LogP contribution in [0, 0.1) is 5.92 Å². The molecule has 1 aromatic rings. The molecule has 18 heavy (non-hydrogen) atoms. The van der Waals surface area contributed by atoms with Crippen LogP contribution in [0.15, 0.2) is 24.3 Å². The summed E-state index contributed by atoms with van der Waals surface area (Å²) in [5.41, 5.74) is 4.82. The van der Waals surface area contributed by atoms with Gasteiger partial charge in [0.1, 0.15) is 0 Å². The Labute approximate surface area is 103 Å². The zero-order chi connectivity index (χ0) is 13.8.